The molecule has 2 heterocycles. The van der Waals surface area contributed by atoms with Crippen LogP contribution >= 0.6 is 0 Å². The number of hydrogen-bond acceptors (Lipinski definition) is 4. The van der Waals surface area contributed by atoms with Crippen LogP contribution in [0, 0.1) is 0 Å². The van der Waals surface area contributed by atoms with E-state index in [4.69, 9.17) is 5.84 Å². The van der Waals surface area contributed by atoms with Gasteiger partial charge in [-0.25, -0.2) is 0 Å². The van der Waals surface area contributed by atoms with Gasteiger partial charge in [0.05, 0.1) is 5.69 Å². The lowest BCUT2D eigenvalue weighted by atomic mass is 10.0. The van der Waals surface area contributed by atoms with Crippen molar-refractivity contribution in [2.45, 2.75) is 0 Å². The topological polar surface area (TPSA) is 71.6 Å². The average molecular weight is 252 g/mol. The Hall–Kier alpha value is -2.69. The van der Waals surface area contributed by atoms with Gasteiger partial charge in [-0.1, -0.05) is 6.07 Å². The fraction of sp³-hybridized carbons (Fsp3) is 0.0714. The Morgan fingerprint density at radius 1 is 1.16 bits per heavy atom. The van der Waals surface area contributed by atoms with Crippen LogP contribution < -0.4 is 10.7 Å². The zero-order chi connectivity index (χ0) is 13.4. The molecule has 1 aromatic heterocycles. The summed E-state index contributed by atoms with van der Waals surface area (Å²) in [4.78, 5) is 17.5. The maximum atomic E-state index is 11.9. The number of hydrogen-bond donors (Lipinski definition) is 1. The summed E-state index contributed by atoms with van der Waals surface area (Å²) in [5, 5.41) is 3.61. The third-order valence-corrected chi connectivity index (χ3v) is 3.26. The first-order valence-corrected chi connectivity index (χ1v) is 5.83. The normalized spacial score (nSPS) is 15.9. The number of anilines is 1. The van der Waals surface area contributed by atoms with Gasteiger partial charge in [0, 0.05) is 25.0 Å². The molecule has 0 saturated carbocycles. The van der Waals surface area contributed by atoms with Gasteiger partial charge in [-0.05, 0) is 35.4 Å². The van der Waals surface area contributed by atoms with Gasteiger partial charge in [0.15, 0.2) is 5.71 Å². The van der Waals surface area contributed by atoms with Gasteiger partial charge < -0.3 is 10.7 Å². The molecule has 2 aromatic rings. The highest BCUT2D eigenvalue weighted by Crippen LogP contribution is 2.32. The van der Waals surface area contributed by atoms with Crippen LogP contribution in [-0.2, 0) is 4.79 Å². The molecule has 0 fully saturated rings. The molecule has 1 aliphatic rings. The molecule has 2 N–H and O–H groups in total. The molecule has 5 heteroatoms. The molecule has 0 saturated heterocycles. The van der Waals surface area contributed by atoms with Crippen LogP contribution in [0.3, 0.4) is 0 Å². The molecular formula is C14H12N4O. The molecule has 0 spiro atoms. The number of aromatic nitrogens is 1. The van der Waals surface area contributed by atoms with Gasteiger partial charge in [-0.3, -0.25) is 9.78 Å². The Morgan fingerprint density at radius 2 is 1.89 bits per heavy atom. The number of fused-ring (bicyclic) bond motifs is 1. The largest absolute Gasteiger partial charge is 0.322 e. The zero-order valence-corrected chi connectivity index (χ0v) is 10.4. The molecule has 0 radical (unpaired) electrons. The van der Waals surface area contributed by atoms with E-state index in [1.54, 1.807) is 24.3 Å². The first kappa shape index (κ1) is 11.4. The van der Waals surface area contributed by atoms with Crippen LogP contribution in [0.1, 0.15) is 5.56 Å². The number of likely N-dealkylation sites (N-methyl/N-ethyl adjacent to an activating group) is 1. The zero-order valence-electron chi connectivity index (χ0n) is 10.4. The number of hydrazone groups is 1. The van der Waals surface area contributed by atoms with Crippen LogP contribution in [0.15, 0.2) is 47.8 Å². The van der Waals surface area contributed by atoms with Crippen molar-refractivity contribution < 1.29 is 4.79 Å². The third-order valence-electron chi connectivity index (χ3n) is 3.26. The summed E-state index contributed by atoms with van der Waals surface area (Å²) in [5.41, 5.74) is 3.94. The van der Waals surface area contributed by atoms with E-state index in [2.05, 4.69) is 10.1 Å². The predicted molar refractivity (Wildman–Crippen MR) is 73.8 cm³/mol. The number of nitrogens with zero attached hydrogens (tertiary/aromatic N) is 3. The fourth-order valence-corrected chi connectivity index (χ4v) is 2.25. The number of rotatable bonds is 1. The van der Waals surface area contributed by atoms with Gasteiger partial charge in [-0.2, -0.15) is 5.10 Å². The van der Waals surface area contributed by atoms with Crippen molar-refractivity contribution in [3.8, 4) is 11.1 Å². The van der Waals surface area contributed by atoms with Crippen molar-refractivity contribution in [3.05, 3.63) is 48.3 Å². The molecule has 1 aliphatic heterocycles. The molecule has 3 rings (SSSR count). The molecule has 1 amide bonds. The number of carbonyl (C=O) groups is 1. The highest BCUT2D eigenvalue weighted by atomic mass is 16.2. The first-order valence-electron chi connectivity index (χ1n) is 5.83. The third kappa shape index (κ3) is 1.67. The van der Waals surface area contributed by atoms with Crippen LogP contribution in [-0.4, -0.2) is 23.7 Å². The molecule has 5 nitrogen and oxygen atoms in total. The minimum Gasteiger partial charge on any atom is -0.322 e. The summed E-state index contributed by atoms with van der Waals surface area (Å²) < 4.78 is 0. The lowest BCUT2D eigenvalue weighted by molar-refractivity contribution is -0.111. The Balaban J connectivity index is 2.16. The van der Waals surface area contributed by atoms with E-state index in [9.17, 15) is 4.79 Å². The molecule has 0 unspecified atom stereocenters. The minimum absolute atomic E-state index is 0.177. The van der Waals surface area contributed by atoms with E-state index >= 15 is 0 Å². The van der Waals surface area contributed by atoms with E-state index in [0.29, 0.717) is 5.71 Å². The monoisotopic (exact) mass is 252 g/mol. The maximum absolute atomic E-state index is 11.9. The van der Waals surface area contributed by atoms with E-state index in [1.807, 2.05) is 30.3 Å². The molecular weight excluding hydrogens is 240 g/mol. The van der Waals surface area contributed by atoms with E-state index in [0.717, 1.165) is 22.4 Å². The second-order valence-electron chi connectivity index (χ2n) is 4.31. The smallest absolute Gasteiger partial charge is 0.279 e. The molecule has 0 bridgehead atoms. The van der Waals surface area contributed by atoms with E-state index in [-0.39, 0.29) is 5.91 Å². The maximum Gasteiger partial charge on any atom is 0.279 e. The summed E-state index contributed by atoms with van der Waals surface area (Å²) in [6.45, 7) is 0. The molecule has 19 heavy (non-hydrogen) atoms. The van der Waals surface area contributed by atoms with Crippen molar-refractivity contribution in [2.75, 3.05) is 11.9 Å². The molecule has 94 valence electrons. The van der Waals surface area contributed by atoms with Gasteiger partial charge in [0.25, 0.3) is 5.91 Å². The van der Waals surface area contributed by atoms with Crippen molar-refractivity contribution in [3.63, 3.8) is 0 Å². The summed E-state index contributed by atoms with van der Waals surface area (Å²) in [7, 11) is 1.71. The molecule has 1 aromatic carbocycles. The van der Waals surface area contributed by atoms with Crippen LogP contribution in [0.4, 0.5) is 5.69 Å². The number of nitrogens with two attached hydrogens (primary N) is 1. The van der Waals surface area contributed by atoms with E-state index in [1.165, 1.54) is 0 Å². The lowest BCUT2D eigenvalue weighted by Gasteiger charge is -2.09. The van der Waals surface area contributed by atoms with Crippen LogP contribution in [0.2, 0.25) is 0 Å². The standard InChI is InChI=1S/C14H12N4O/c1-18-12-3-2-10(9-4-6-16-7-5-9)8-11(12)13(17-15)14(18)19/h2-8H,15H2,1H3. The van der Waals surface area contributed by atoms with E-state index < -0.39 is 0 Å². The summed E-state index contributed by atoms with van der Waals surface area (Å²) in [5.74, 6) is 5.14. The highest BCUT2D eigenvalue weighted by molar-refractivity contribution is 6.54. The Labute approximate surface area is 110 Å². The second kappa shape index (κ2) is 4.20. The number of pyridine rings is 1. The summed E-state index contributed by atoms with van der Waals surface area (Å²) >= 11 is 0. The van der Waals surface area contributed by atoms with Crippen molar-refractivity contribution in [2.24, 2.45) is 10.9 Å². The number of benzene rings is 1. The van der Waals surface area contributed by atoms with Crippen molar-refractivity contribution in [1.82, 2.24) is 4.98 Å². The average Bonchev–Trinajstić information content (AvgIpc) is 2.71. The first-order chi connectivity index (χ1) is 9.22. The fourth-order valence-electron chi connectivity index (χ4n) is 2.25. The minimum atomic E-state index is -0.177. The van der Waals surface area contributed by atoms with Crippen molar-refractivity contribution >= 4 is 17.3 Å². The number of amides is 1. The second-order valence-corrected chi connectivity index (χ2v) is 4.31. The van der Waals surface area contributed by atoms with Crippen LogP contribution in [0.25, 0.3) is 11.1 Å². The summed E-state index contributed by atoms with van der Waals surface area (Å²) in [6.07, 6.45) is 3.47. The quantitative estimate of drug-likeness (QED) is 0.615. The predicted octanol–water partition coefficient (Wildman–Crippen LogP) is 1.39. The Morgan fingerprint density at radius 3 is 2.58 bits per heavy atom. The SMILES string of the molecule is CN1C(=O)C(=NN)c2cc(-c3ccncc3)ccc21. The highest BCUT2D eigenvalue weighted by Gasteiger charge is 2.31. The summed E-state index contributed by atoms with van der Waals surface area (Å²) in [6, 6.07) is 9.64. The Kier molecular flexibility index (Phi) is 2.52. The molecule has 0 aliphatic carbocycles. The molecule has 0 atom stereocenters. The van der Waals surface area contributed by atoms with Gasteiger partial charge >= 0.3 is 0 Å². The Bertz CT molecular complexity index is 679. The number of carbonyl (C=O) groups excluding carboxylic acids is 1. The van der Waals surface area contributed by atoms with Gasteiger partial charge in [-0.15, -0.1) is 0 Å². The van der Waals surface area contributed by atoms with Gasteiger partial charge in [0.1, 0.15) is 0 Å². The van der Waals surface area contributed by atoms with Gasteiger partial charge in [0.2, 0.25) is 0 Å². The van der Waals surface area contributed by atoms with Crippen LogP contribution in [0.5, 0.6) is 0 Å². The van der Waals surface area contributed by atoms with Crippen molar-refractivity contribution in [1.29, 1.82) is 0 Å². The lowest BCUT2D eigenvalue weighted by Crippen LogP contribution is -2.26.